The number of ether oxygens (including phenoxy) is 2. The number of allylic oxidation sites excluding steroid dienone is 1. The van der Waals surface area contributed by atoms with Crippen LogP contribution in [0.3, 0.4) is 0 Å². The predicted molar refractivity (Wildman–Crippen MR) is 130 cm³/mol. The first-order valence-corrected chi connectivity index (χ1v) is 12.4. The van der Waals surface area contributed by atoms with Crippen LogP contribution in [0.4, 0.5) is 0 Å². The molecule has 5 atom stereocenters. The third-order valence-corrected chi connectivity index (χ3v) is 9.31. The number of methoxy groups -OCH3 is 1. The lowest BCUT2D eigenvalue weighted by Gasteiger charge is -2.71. The molecule has 0 aromatic heterocycles. The maximum atomic E-state index is 11.5. The van der Waals surface area contributed by atoms with Gasteiger partial charge in [-0.15, -0.1) is 0 Å². The summed E-state index contributed by atoms with van der Waals surface area (Å²) in [6, 6.07) is 14.8. The Morgan fingerprint density at radius 1 is 1.12 bits per heavy atom. The van der Waals surface area contributed by atoms with Gasteiger partial charge in [0.1, 0.15) is 5.75 Å². The summed E-state index contributed by atoms with van der Waals surface area (Å²) in [6.45, 7) is 5.10. The summed E-state index contributed by atoms with van der Waals surface area (Å²) in [7, 11) is 4.01. The molecule has 1 heterocycles. The molecule has 4 nitrogen and oxygen atoms in total. The van der Waals surface area contributed by atoms with Gasteiger partial charge in [-0.1, -0.05) is 36.4 Å². The van der Waals surface area contributed by atoms with Crippen molar-refractivity contribution in [2.75, 3.05) is 20.7 Å². The summed E-state index contributed by atoms with van der Waals surface area (Å²) in [4.78, 5) is 2.55. The van der Waals surface area contributed by atoms with Crippen LogP contribution >= 0.6 is 0 Å². The molecule has 2 aromatic carbocycles. The van der Waals surface area contributed by atoms with Crippen LogP contribution in [-0.2, 0) is 11.8 Å². The number of likely N-dealkylation sites (tertiary alicyclic amines) is 1. The zero-order valence-corrected chi connectivity index (χ0v) is 20.2. The second kappa shape index (κ2) is 7.10. The van der Waals surface area contributed by atoms with Crippen molar-refractivity contribution >= 4 is 0 Å². The monoisotopic (exact) mass is 445 g/mol. The number of nitrogens with zero attached hydrogens (tertiary/aromatic N) is 1. The van der Waals surface area contributed by atoms with Gasteiger partial charge in [-0.2, -0.15) is 0 Å². The van der Waals surface area contributed by atoms with Gasteiger partial charge in [-0.05, 0) is 88.7 Å². The number of fused-ring (bicyclic) bond motifs is 2. The predicted octanol–water partition coefficient (Wildman–Crippen LogP) is 5.34. The van der Waals surface area contributed by atoms with E-state index in [-0.39, 0.29) is 16.7 Å². The molecule has 1 N–H and O–H groups in total. The van der Waals surface area contributed by atoms with E-state index in [0.29, 0.717) is 12.0 Å². The SMILES string of the molecule is COc1ccc2c(c1Oc1ccccc1)[C@]13CCN(C)[C@H](C2)[C@]12C=C[C@@H](CC2C(C)(C)O)C3. The fourth-order valence-electron chi connectivity index (χ4n) is 8.14. The van der Waals surface area contributed by atoms with Gasteiger partial charge in [0.25, 0.3) is 0 Å². The summed E-state index contributed by atoms with van der Waals surface area (Å²) >= 11 is 0. The highest BCUT2D eigenvalue weighted by atomic mass is 16.5. The highest BCUT2D eigenvalue weighted by Crippen LogP contribution is 2.72. The van der Waals surface area contributed by atoms with Crippen LogP contribution in [0.25, 0.3) is 0 Å². The molecule has 1 saturated heterocycles. The Hall–Kier alpha value is -2.30. The number of benzene rings is 2. The van der Waals surface area contributed by atoms with Gasteiger partial charge in [-0.3, -0.25) is 0 Å². The molecule has 33 heavy (non-hydrogen) atoms. The molecule has 1 saturated carbocycles. The summed E-state index contributed by atoms with van der Waals surface area (Å²) in [5.41, 5.74) is 1.76. The van der Waals surface area contributed by atoms with Crippen molar-refractivity contribution in [3.05, 3.63) is 65.7 Å². The maximum Gasteiger partial charge on any atom is 0.173 e. The number of hydrogen-bond acceptors (Lipinski definition) is 4. The molecule has 2 aromatic rings. The molecule has 1 aliphatic heterocycles. The average molecular weight is 446 g/mol. The van der Waals surface area contributed by atoms with Crippen molar-refractivity contribution in [2.45, 2.75) is 56.6 Å². The molecular weight excluding hydrogens is 410 g/mol. The van der Waals surface area contributed by atoms with Crippen LogP contribution in [0.15, 0.2) is 54.6 Å². The van der Waals surface area contributed by atoms with Gasteiger partial charge >= 0.3 is 0 Å². The number of likely N-dealkylation sites (N-methyl/N-ethyl adjacent to an activating group) is 1. The van der Waals surface area contributed by atoms with Crippen LogP contribution in [0.1, 0.15) is 44.2 Å². The smallest absolute Gasteiger partial charge is 0.173 e. The lowest BCUT2D eigenvalue weighted by molar-refractivity contribution is -0.166. The second-order valence-electron chi connectivity index (χ2n) is 11.3. The Morgan fingerprint density at radius 2 is 1.91 bits per heavy atom. The number of piperidine rings is 1. The van der Waals surface area contributed by atoms with Gasteiger partial charge < -0.3 is 19.5 Å². The van der Waals surface area contributed by atoms with Crippen molar-refractivity contribution in [3.63, 3.8) is 0 Å². The summed E-state index contributed by atoms with van der Waals surface area (Å²) in [6.07, 6.45) is 9.17. The Balaban J connectivity index is 1.63. The Labute approximate surface area is 197 Å². The topological polar surface area (TPSA) is 41.9 Å². The molecule has 4 bridgehead atoms. The Bertz CT molecular complexity index is 1100. The van der Waals surface area contributed by atoms with E-state index in [4.69, 9.17) is 9.47 Å². The zero-order valence-electron chi connectivity index (χ0n) is 20.2. The highest BCUT2D eigenvalue weighted by molar-refractivity contribution is 5.61. The minimum Gasteiger partial charge on any atom is -0.493 e. The minimum absolute atomic E-state index is 0.0707. The van der Waals surface area contributed by atoms with E-state index in [9.17, 15) is 5.11 Å². The van der Waals surface area contributed by atoms with Crippen LogP contribution in [0.2, 0.25) is 0 Å². The highest BCUT2D eigenvalue weighted by Gasteiger charge is 2.71. The van der Waals surface area contributed by atoms with Gasteiger partial charge in [-0.25, -0.2) is 0 Å². The van der Waals surface area contributed by atoms with E-state index in [1.807, 2.05) is 44.2 Å². The molecule has 7 rings (SSSR count). The fourth-order valence-corrected chi connectivity index (χ4v) is 8.14. The maximum absolute atomic E-state index is 11.5. The third-order valence-electron chi connectivity index (χ3n) is 9.31. The largest absolute Gasteiger partial charge is 0.493 e. The third kappa shape index (κ3) is 2.77. The first-order chi connectivity index (χ1) is 15.8. The van der Waals surface area contributed by atoms with Crippen molar-refractivity contribution in [1.29, 1.82) is 0 Å². The van der Waals surface area contributed by atoms with Crippen LogP contribution in [0.5, 0.6) is 17.2 Å². The van der Waals surface area contributed by atoms with Gasteiger partial charge in [0.2, 0.25) is 0 Å². The first kappa shape index (κ1) is 21.2. The van der Waals surface area contributed by atoms with E-state index in [0.717, 1.165) is 49.5 Å². The van der Waals surface area contributed by atoms with Crippen molar-refractivity contribution in [1.82, 2.24) is 4.90 Å². The average Bonchev–Trinajstić information content (AvgIpc) is 2.81. The van der Waals surface area contributed by atoms with E-state index in [1.165, 1.54) is 11.1 Å². The van der Waals surface area contributed by atoms with Crippen molar-refractivity contribution in [3.8, 4) is 17.2 Å². The van der Waals surface area contributed by atoms with Gasteiger partial charge in [0, 0.05) is 22.4 Å². The first-order valence-electron chi connectivity index (χ1n) is 12.4. The summed E-state index contributed by atoms with van der Waals surface area (Å²) < 4.78 is 12.5. The minimum atomic E-state index is -0.748. The lowest BCUT2D eigenvalue weighted by atomic mass is 9.36. The lowest BCUT2D eigenvalue weighted by Crippen LogP contribution is -2.73. The van der Waals surface area contributed by atoms with E-state index in [1.54, 1.807) is 7.11 Å². The van der Waals surface area contributed by atoms with Gasteiger partial charge in [0.05, 0.1) is 12.7 Å². The second-order valence-corrected chi connectivity index (χ2v) is 11.3. The molecule has 4 aliphatic carbocycles. The fraction of sp³-hybridized carbons (Fsp3) is 0.517. The molecular formula is C29H35NO3. The molecule has 1 unspecified atom stereocenters. The quantitative estimate of drug-likeness (QED) is 0.645. The standard InChI is InChI=1S/C29H35NO3/c1-27(2,31)23-16-19-12-13-29(23)24-17-20-10-11-22(32-4)26(33-21-8-6-5-7-9-21)25(20)28(29,18-19)14-15-30(24)3/h5-13,19,23-24,31H,14-18H2,1-4H3/t19-,23?,24+,28+,29+/m0/s1. The van der Waals surface area contributed by atoms with Gasteiger partial charge in [0.15, 0.2) is 11.5 Å². The van der Waals surface area contributed by atoms with E-state index >= 15 is 0 Å². The molecule has 0 amide bonds. The van der Waals surface area contributed by atoms with E-state index in [2.05, 4.69) is 36.2 Å². The molecule has 4 heteroatoms. The number of aliphatic hydroxyl groups is 1. The van der Waals surface area contributed by atoms with E-state index < -0.39 is 5.60 Å². The Kier molecular flexibility index (Phi) is 4.57. The van der Waals surface area contributed by atoms with Crippen LogP contribution < -0.4 is 9.47 Å². The van der Waals surface area contributed by atoms with Crippen LogP contribution in [0, 0.1) is 17.3 Å². The summed E-state index contributed by atoms with van der Waals surface area (Å²) in [5.74, 6) is 3.18. The Morgan fingerprint density at radius 3 is 2.64 bits per heavy atom. The number of rotatable bonds is 4. The number of hydrogen-bond donors (Lipinski definition) is 1. The van der Waals surface area contributed by atoms with Crippen molar-refractivity contribution < 1.29 is 14.6 Å². The van der Waals surface area contributed by atoms with Crippen molar-refractivity contribution in [2.24, 2.45) is 17.3 Å². The molecule has 0 radical (unpaired) electrons. The number of para-hydroxylation sites is 1. The molecule has 5 aliphatic rings. The van der Waals surface area contributed by atoms with Crippen LogP contribution in [-0.4, -0.2) is 42.4 Å². The molecule has 1 spiro atoms. The molecule has 2 fully saturated rings. The summed E-state index contributed by atoms with van der Waals surface area (Å²) in [5, 5.41) is 11.5. The zero-order chi connectivity index (χ0) is 23.0. The normalized spacial score (nSPS) is 34.5. The molecule has 174 valence electrons.